The molecule has 31 heavy (non-hydrogen) atoms. The molecular weight excluding hydrogens is 395 g/mol. The van der Waals surface area contributed by atoms with Gasteiger partial charge in [0, 0.05) is 48.9 Å². The minimum absolute atomic E-state index is 0.318. The van der Waals surface area contributed by atoms with Gasteiger partial charge in [-0.25, -0.2) is 13.9 Å². The van der Waals surface area contributed by atoms with Gasteiger partial charge in [-0.05, 0) is 24.6 Å². The molecule has 7 nitrogen and oxygen atoms in total. The first-order chi connectivity index (χ1) is 15.2. The highest BCUT2D eigenvalue weighted by molar-refractivity contribution is 5.98. The van der Waals surface area contributed by atoms with Crippen LogP contribution in [0.1, 0.15) is 5.69 Å². The molecule has 4 aromatic rings. The number of benzene rings is 1. The van der Waals surface area contributed by atoms with Crippen LogP contribution in [0.25, 0.3) is 27.7 Å². The number of halogens is 1. The van der Waals surface area contributed by atoms with Gasteiger partial charge in [-0.3, -0.25) is 9.88 Å². The topological polar surface area (TPSA) is 58.8 Å². The number of pyridine rings is 1. The quantitative estimate of drug-likeness (QED) is 0.510. The Bertz CT molecular complexity index is 1280. The van der Waals surface area contributed by atoms with Gasteiger partial charge in [0.05, 0.1) is 37.5 Å². The third kappa shape index (κ3) is 3.14. The van der Waals surface area contributed by atoms with Crippen molar-refractivity contribution >= 4 is 22.2 Å². The minimum atomic E-state index is -0.318. The van der Waals surface area contributed by atoms with Crippen LogP contribution in [0.5, 0.6) is 0 Å². The third-order valence-corrected chi connectivity index (χ3v) is 6.34. The van der Waals surface area contributed by atoms with Crippen LogP contribution in [0.3, 0.4) is 0 Å². The Balaban J connectivity index is 1.32. The number of anilines is 1. The van der Waals surface area contributed by atoms with Crippen molar-refractivity contribution in [1.29, 1.82) is 0 Å². The summed E-state index contributed by atoms with van der Waals surface area (Å²) in [6.07, 6.45) is 5.74. The summed E-state index contributed by atoms with van der Waals surface area (Å²) >= 11 is 0. The summed E-state index contributed by atoms with van der Waals surface area (Å²) in [6, 6.07) is 7.59. The molecule has 158 valence electrons. The lowest BCUT2D eigenvalue weighted by Crippen LogP contribution is -2.61. The highest BCUT2D eigenvalue weighted by Crippen LogP contribution is 2.33. The molecule has 0 saturated carbocycles. The fraction of sp³-hybridized carbons (Fsp3) is 0.348. The zero-order valence-corrected chi connectivity index (χ0v) is 17.3. The zero-order valence-electron chi connectivity index (χ0n) is 17.3. The molecule has 1 aromatic carbocycles. The molecule has 2 aliphatic heterocycles. The van der Waals surface area contributed by atoms with Gasteiger partial charge in [0.1, 0.15) is 11.3 Å². The average molecular weight is 418 g/mol. The average Bonchev–Trinajstić information content (AvgIpc) is 3.17. The number of hydrogen-bond acceptors (Lipinski definition) is 6. The van der Waals surface area contributed by atoms with Gasteiger partial charge in [-0.1, -0.05) is 12.1 Å². The molecule has 0 bridgehead atoms. The van der Waals surface area contributed by atoms with E-state index in [9.17, 15) is 4.39 Å². The van der Waals surface area contributed by atoms with Crippen molar-refractivity contribution in [2.75, 3.05) is 44.3 Å². The Kier molecular flexibility index (Phi) is 4.36. The number of ether oxygens (including phenoxy) is 1. The molecule has 0 N–H and O–H groups in total. The number of para-hydroxylation sites is 1. The Hall–Kier alpha value is -3.10. The van der Waals surface area contributed by atoms with Gasteiger partial charge in [0.2, 0.25) is 0 Å². The molecule has 0 atom stereocenters. The maximum atomic E-state index is 14.3. The van der Waals surface area contributed by atoms with Gasteiger partial charge in [0.15, 0.2) is 5.65 Å². The fourth-order valence-corrected chi connectivity index (χ4v) is 4.62. The number of fused-ring (bicyclic) bond motifs is 2. The number of nitrogens with zero attached hydrogens (tertiary/aromatic N) is 6. The standard InChI is InChI=1S/C23H23FN6O/c1-15-9-19(18-3-2-4-21(24)22(18)27-15)20-11-26-30-14-16(10-25-23(20)30)29-12-17(13-29)28-5-7-31-8-6-28/h2-4,9-11,14,17H,5-8,12-13H2,1H3. The van der Waals surface area contributed by atoms with E-state index in [2.05, 4.69) is 19.9 Å². The second kappa shape index (κ2) is 7.25. The van der Waals surface area contributed by atoms with Crippen molar-refractivity contribution in [3.05, 3.63) is 54.4 Å². The Morgan fingerprint density at radius 3 is 2.77 bits per heavy atom. The van der Waals surface area contributed by atoms with Crippen molar-refractivity contribution in [1.82, 2.24) is 24.5 Å². The van der Waals surface area contributed by atoms with E-state index in [0.29, 0.717) is 11.6 Å². The van der Waals surface area contributed by atoms with Crippen LogP contribution < -0.4 is 4.90 Å². The molecule has 3 aromatic heterocycles. The first kappa shape index (κ1) is 18.7. The molecular formula is C23H23FN6O. The SMILES string of the molecule is Cc1cc(-c2cnn3cc(N4CC(N5CCOCC5)C4)cnc23)c2cccc(F)c2n1. The van der Waals surface area contributed by atoms with E-state index in [1.54, 1.807) is 12.3 Å². The number of hydrogen-bond donors (Lipinski definition) is 0. The Morgan fingerprint density at radius 2 is 1.94 bits per heavy atom. The predicted molar refractivity (Wildman–Crippen MR) is 117 cm³/mol. The second-order valence-electron chi connectivity index (χ2n) is 8.29. The monoisotopic (exact) mass is 418 g/mol. The van der Waals surface area contributed by atoms with Gasteiger partial charge in [-0.15, -0.1) is 0 Å². The van der Waals surface area contributed by atoms with Crippen molar-refractivity contribution < 1.29 is 9.13 Å². The van der Waals surface area contributed by atoms with Crippen LogP contribution in [0.15, 0.2) is 42.9 Å². The van der Waals surface area contributed by atoms with E-state index in [0.717, 1.165) is 72.9 Å². The normalized spacial score (nSPS) is 18.1. The number of morpholine rings is 1. The number of aromatic nitrogens is 4. The highest BCUT2D eigenvalue weighted by Gasteiger charge is 2.33. The number of rotatable bonds is 3. The summed E-state index contributed by atoms with van der Waals surface area (Å²) in [5, 5.41) is 5.32. The van der Waals surface area contributed by atoms with Gasteiger partial charge in [0.25, 0.3) is 0 Å². The molecule has 2 fully saturated rings. The van der Waals surface area contributed by atoms with E-state index < -0.39 is 0 Å². The summed E-state index contributed by atoms with van der Waals surface area (Å²) in [5.41, 5.74) is 4.73. The maximum Gasteiger partial charge on any atom is 0.162 e. The summed E-state index contributed by atoms with van der Waals surface area (Å²) in [6.45, 7) is 7.54. The smallest absolute Gasteiger partial charge is 0.162 e. The Labute approximate surface area is 179 Å². The Morgan fingerprint density at radius 1 is 1.10 bits per heavy atom. The lowest BCUT2D eigenvalue weighted by atomic mass is 10.0. The molecule has 2 aliphatic rings. The van der Waals surface area contributed by atoms with E-state index in [1.807, 2.05) is 36.0 Å². The molecule has 5 heterocycles. The predicted octanol–water partition coefficient (Wildman–Crippen LogP) is 2.91. The third-order valence-electron chi connectivity index (χ3n) is 6.34. The largest absolute Gasteiger partial charge is 0.379 e. The van der Waals surface area contributed by atoms with Gasteiger partial charge in [-0.2, -0.15) is 5.10 Å². The van der Waals surface area contributed by atoms with Crippen molar-refractivity contribution in [2.24, 2.45) is 0 Å². The molecule has 0 amide bonds. The van der Waals surface area contributed by atoms with E-state index >= 15 is 0 Å². The molecule has 0 radical (unpaired) electrons. The maximum absolute atomic E-state index is 14.3. The van der Waals surface area contributed by atoms with E-state index in [1.165, 1.54) is 6.07 Å². The minimum Gasteiger partial charge on any atom is -0.379 e. The van der Waals surface area contributed by atoms with Gasteiger partial charge >= 0.3 is 0 Å². The summed E-state index contributed by atoms with van der Waals surface area (Å²) in [4.78, 5) is 14.0. The zero-order chi connectivity index (χ0) is 20.9. The van der Waals surface area contributed by atoms with Crippen LogP contribution in [-0.2, 0) is 4.74 Å². The van der Waals surface area contributed by atoms with E-state index in [4.69, 9.17) is 9.72 Å². The summed E-state index contributed by atoms with van der Waals surface area (Å²) in [5.74, 6) is -0.318. The lowest BCUT2D eigenvalue weighted by molar-refractivity contribution is 0.0105. The first-order valence-electron chi connectivity index (χ1n) is 10.6. The van der Waals surface area contributed by atoms with Crippen molar-refractivity contribution in [3.8, 4) is 11.1 Å². The molecule has 0 unspecified atom stereocenters. The molecule has 0 spiro atoms. The highest BCUT2D eigenvalue weighted by atomic mass is 19.1. The summed E-state index contributed by atoms with van der Waals surface area (Å²) < 4.78 is 21.6. The molecule has 8 heteroatoms. The van der Waals surface area contributed by atoms with Gasteiger partial charge < -0.3 is 9.64 Å². The van der Waals surface area contributed by atoms with Crippen LogP contribution in [0, 0.1) is 12.7 Å². The van der Waals surface area contributed by atoms with Crippen molar-refractivity contribution in [2.45, 2.75) is 13.0 Å². The van der Waals surface area contributed by atoms with Crippen LogP contribution in [0.4, 0.5) is 10.1 Å². The van der Waals surface area contributed by atoms with E-state index in [-0.39, 0.29) is 5.82 Å². The molecule has 6 rings (SSSR count). The molecule has 2 saturated heterocycles. The van der Waals surface area contributed by atoms with Crippen LogP contribution in [-0.4, -0.2) is 69.9 Å². The first-order valence-corrected chi connectivity index (χ1v) is 10.6. The number of aryl methyl sites for hydroxylation is 1. The summed E-state index contributed by atoms with van der Waals surface area (Å²) in [7, 11) is 0. The second-order valence-corrected chi connectivity index (χ2v) is 8.29. The fourth-order valence-electron chi connectivity index (χ4n) is 4.62. The lowest BCUT2D eigenvalue weighted by Gasteiger charge is -2.47. The molecule has 0 aliphatic carbocycles. The van der Waals surface area contributed by atoms with Crippen LogP contribution >= 0.6 is 0 Å². The van der Waals surface area contributed by atoms with Crippen molar-refractivity contribution in [3.63, 3.8) is 0 Å². The van der Waals surface area contributed by atoms with Crippen LogP contribution in [0.2, 0.25) is 0 Å².